The van der Waals surface area contributed by atoms with Crippen LogP contribution in [0.15, 0.2) is 24.3 Å². The lowest BCUT2D eigenvalue weighted by molar-refractivity contribution is -0.127. The van der Waals surface area contributed by atoms with Crippen LogP contribution in [0.1, 0.15) is 38.7 Å². The fourth-order valence-corrected chi connectivity index (χ4v) is 3.01. The lowest BCUT2D eigenvalue weighted by Gasteiger charge is -2.23. The summed E-state index contributed by atoms with van der Waals surface area (Å²) in [5, 5.41) is 5.87. The van der Waals surface area contributed by atoms with Crippen molar-refractivity contribution in [1.29, 1.82) is 0 Å². The summed E-state index contributed by atoms with van der Waals surface area (Å²) in [7, 11) is 1.65. The Labute approximate surface area is 149 Å². The van der Waals surface area contributed by atoms with Gasteiger partial charge in [-0.1, -0.05) is 12.1 Å². The van der Waals surface area contributed by atoms with Gasteiger partial charge in [0.05, 0.1) is 7.11 Å². The Balaban J connectivity index is 1.67. The fraction of sp³-hybridized carbons (Fsp3) is 0.579. The molecule has 6 heteroatoms. The summed E-state index contributed by atoms with van der Waals surface area (Å²) in [6, 6.07) is 7.81. The number of hydrogen-bond donors (Lipinski definition) is 2. The maximum atomic E-state index is 12.1. The van der Waals surface area contributed by atoms with E-state index in [4.69, 9.17) is 4.74 Å². The maximum absolute atomic E-state index is 12.1. The van der Waals surface area contributed by atoms with Gasteiger partial charge < -0.3 is 20.3 Å². The van der Waals surface area contributed by atoms with Crippen molar-refractivity contribution in [3.05, 3.63) is 29.8 Å². The number of carbonyl (C=O) groups is 2. The molecule has 1 aromatic rings. The van der Waals surface area contributed by atoms with Gasteiger partial charge in [-0.25, -0.2) is 4.79 Å². The Morgan fingerprint density at radius 3 is 2.48 bits per heavy atom. The minimum absolute atomic E-state index is 0.0594. The van der Waals surface area contributed by atoms with Gasteiger partial charge in [0.25, 0.3) is 0 Å². The zero-order chi connectivity index (χ0) is 18.2. The van der Waals surface area contributed by atoms with Gasteiger partial charge in [0.2, 0.25) is 5.91 Å². The van der Waals surface area contributed by atoms with E-state index in [2.05, 4.69) is 10.6 Å². The monoisotopic (exact) mass is 347 g/mol. The first kappa shape index (κ1) is 19.1. The number of amides is 3. The van der Waals surface area contributed by atoms with Crippen molar-refractivity contribution in [1.82, 2.24) is 15.5 Å². The Hall–Kier alpha value is -2.24. The highest BCUT2D eigenvalue weighted by atomic mass is 16.5. The molecule has 2 atom stereocenters. The van der Waals surface area contributed by atoms with E-state index in [9.17, 15) is 9.59 Å². The first-order chi connectivity index (χ1) is 12.0. The smallest absolute Gasteiger partial charge is 0.315 e. The molecule has 1 aliphatic heterocycles. The number of nitrogens with one attached hydrogen (secondary N) is 2. The summed E-state index contributed by atoms with van der Waals surface area (Å²) in [6.07, 6.45) is 3.30. The molecule has 0 spiro atoms. The third-order valence-electron chi connectivity index (χ3n) is 4.45. The number of urea groups is 1. The second kappa shape index (κ2) is 9.30. The molecular weight excluding hydrogens is 318 g/mol. The number of likely N-dealkylation sites (tertiary alicyclic amines) is 1. The molecule has 1 heterocycles. The zero-order valence-corrected chi connectivity index (χ0v) is 15.4. The second-order valence-electron chi connectivity index (χ2n) is 6.75. The number of ether oxygens (including phenoxy) is 1. The lowest BCUT2D eigenvalue weighted by atomic mass is 10.1. The molecular formula is C19H29N3O3. The standard InChI is InChI=1S/C19H29N3O3/c1-14(6-7-16-8-10-17(25-3)11-9-16)20-19(24)21-15(2)13-22-12-4-5-18(22)23/h8-11,14-15H,4-7,12-13H2,1-3H3,(H2,20,21,24). The molecule has 1 fully saturated rings. The molecule has 1 aliphatic rings. The third-order valence-corrected chi connectivity index (χ3v) is 4.45. The van der Waals surface area contributed by atoms with E-state index in [1.54, 1.807) is 7.11 Å². The van der Waals surface area contributed by atoms with Crippen LogP contribution in [0.4, 0.5) is 4.79 Å². The maximum Gasteiger partial charge on any atom is 0.315 e. The van der Waals surface area contributed by atoms with Crippen molar-refractivity contribution in [2.24, 2.45) is 0 Å². The molecule has 3 amide bonds. The number of aryl methyl sites for hydroxylation is 1. The van der Waals surface area contributed by atoms with Crippen LogP contribution in [0.25, 0.3) is 0 Å². The summed E-state index contributed by atoms with van der Waals surface area (Å²) in [5.74, 6) is 1.03. The van der Waals surface area contributed by atoms with Gasteiger partial charge in [-0.05, 0) is 50.8 Å². The molecule has 1 aromatic carbocycles. The summed E-state index contributed by atoms with van der Waals surface area (Å²) in [4.78, 5) is 25.5. The highest BCUT2D eigenvalue weighted by Gasteiger charge is 2.22. The molecule has 138 valence electrons. The van der Waals surface area contributed by atoms with Gasteiger partial charge in [-0.15, -0.1) is 0 Å². The summed E-state index contributed by atoms with van der Waals surface area (Å²) in [6.45, 7) is 5.29. The van der Waals surface area contributed by atoms with E-state index >= 15 is 0 Å². The van der Waals surface area contributed by atoms with Gasteiger partial charge in [0, 0.05) is 31.6 Å². The van der Waals surface area contributed by atoms with Crippen molar-refractivity contribution in [2.75, 3.05) is 20.2 Å². The first-order valence-corrected chi connectivity index (χ1v) is 8.95. The third kappa shape index (κ3) is 6.29. The Morgan fingerprint density at radius 2 is 1.88 bits per heavy atom. The van der Waals surface area contributed by atoms with Gasteiger partial charge >= 0.3 is 6.03 Å². The van der Waals surface area contributed by atoms with Crippen LogP contribution in [-0.2, 0) is 11.2 Å². The fourth-order valence-electron chi connectivity index (χ4n) is 3.01. The van der Waals surface area contributed by atoms with Gasteiger partial charge in [-0.2, -0.15) is 0 Å². The van der Waals surface area contributed by atoms with Crippen LogP contribution in [0.3, 0.4) is 0 Å². The van der Waals surface area contributed by atoms with Gasteiger partial charge in [-0.3, -0.25) is 4.79 Å². The predicted molar refractivity (Wildman–Crippen MR) is 97.7 cm³/mol. The molecule has 1 saturated heterocycles. The highest BCUT2D eigenvalue weighted by Crippen LogP contribution is 2.13. The molecule has 2 N–H and O–H groups in total. The molecule has 25 heavy (non-hydrogen) atoms. The van der Waals surface area contributed by atoms with Crippen LogP contribution >= 0.6 is 0 Å². The largest absolute Gasteiger partial charge is 0.497 e. The average molecular weight is 347 g/mol. The zero-order valence-electron chi connectivity index (χ0n) is 15.4. The van der Waals surface area contributed by atoms with Crippen molar-refractivity contribution in [3.8, 4) is 5.75 Å². The molecule has 0 aromatic heterocycles. The van der Waals surface area contributed by atoms with E-state index in [0.717, 1.165) is 31.6 Å². The summed E-state index contributed by atoms with van der Waals surface area (Å²) in [5.41, 5.74) is 1.22. The van der Waals surface area contributed by atoms with E-state index in [1.165, 1.54) is 5.56 Å². The Kier molecular flexibility index (Phi) is 7.10. The number of hydrogen-bond acceptors (Lipinski definition) is 3. The predicted octanol–water partition coefficient (Wildman–Crippen LogP) is 2.33. The Morgan fingerprint density at radius 1 is 1.20 bits per heavy atom. The van der Waals surface area contributed by atoms with Crippen LogP contribution in [0.2, 0.25) is 0 Å². The normalized spacial score (nSPS) is 16.4. The molecule has 0 saturated carbocycles. The first-order valence-electron chi connectivity index (χ1n) is 8.95. The molecule has 2 unspecified atom stereocenters. The van der Waals surface area contributed by atoms with E-state index in [1.807, 2.05) is 43.0 Å². The van der Waals surface area contributed by atoms with E-state index < -0.39 is 0 Å². The average Bonchev–Trinajstić information content (AvgIpc) is 2.98. The Bertz CT molecular complexity index is 574. The summed E-state index contributed by atoms with van der Waals surface area (Å²) >= 11 is 0. The lowest BCUT2D eigenvalue weighted by Crippen LogP contribution is -2.48. The molecule has 6 nitrogen and oxygen atoms in total. The molecule has 0 aliphatic carbocycles. The number of methoxy groups -OCH3 is 1. The van der Waals surface area contributed by atoms with Crippen LogP contribution in [0.5, 0.6) is 5.75 Å². The van der Waals surface area contributed by atoms with Crippen molar-refractivity contribution in [3.63, 3.8) is 0 Å². The van der Waals surface area contributed by atoms with Crippen LogP contribution in [-0.4, -0.2) is 49.1 Å². The topological polar surface area (TPSA) is 70.7 Å². The minimum Gasteiger partial charge on any atom is -0.497 e. The van der Waals surface area contributed by atoms with Crippen molar-refractivity contribution < 1.29 is 14.3 Å². The minimum atomic E-state index is -0.179. The highest BCUT2D eigenvalue weighted by molar-refractivity contribution is 5.78. The van der Waals surface area contributed by atoms with Gasteiger partial charge in [0.1, 0.15) is 5.75 Å². The van der Waals surface area contributed by atoms with Crippen LogP contribution < -0.4 is 15.4 Å². The SMILES string of the molecule is COc1ccc(CCC(C)NC(=O)NC(C)CN2CCCC2=O)cc1. The molecule has 2 rings (SSSR count). The molecule has 0 radical (unpaired) electrons. The number of benzene rings is 1. The second-order valence-corrected chi connectivity index (χ2v) is 6.75. The van der Waals surface area contributed by atoms with Gasteiger partial charge in [0.15, 0.2) is 0 Å². The number of nitrogens with zero attached hydrogens (tertiary/aromatic N) is 1. The van der Waals surface area contributed by atoms with Crippen LogP contribution in [0, 0.1) is 0 Å². The van der Waals surface area contributed by atoms with Crippen molar-refractivity contribution in [2.45, 2.75) is 51.6 Å². The van der Waals surface area contributed by atoms with E-state index in [0.29, 0.717) is 13.0 Å². The number of rotatable bonds is 8. The summed E-state index contributed by atoms with van der Waals surface area (Å²) < 4.78 is 5.15. The quantitative estimate of drug-likeness (QED) is 0.758. The molecule has 0 bridgehead atoms. The van der Waals surface area contributed by atoms with Crippen molar-refractivity contribution >= 4 is 11.9 Å². The van der Waals surface area contributed by atoms with E-state index in [-0.39, 0.29) is 24.0 Å². The number of carbonyl (C=O) groups excluding carboxylic acids is 2.